The minimum absolute atomic E-state index is 0.0407. The van der Waals surface area contributed by atoms with Crippen LogP contribution in [0.1, 0.15) is 28.2 Å². The molecule has 7 aromatic rings. The molecule has 3 nitrogen and oxygen atoms in total. The molecule has 1 aromatic heterocycles. The predicted molar refractivity (Wildman–Crippen MR) is 182 cm³/mol. The van der Waals surface area contributed by atoms with Crippen LogP contribution < -0.4 is 5.32 Å². The number of aliphatic imine (C=N–C) groups is 1. The number of para-hydroxylation sites is 2. The molecule has 2 aliphatic rings. The van der Waals surface area contributed by atoms with Gasteiger partial charge in [-0.2, -0.15) is 0 Å². The second-order valence-electron chi connectivity index (χ2n) is 11.6. The molecule has 2 atom stereocenters. The van der Waals surface area contributed by atoms with Crippen molar-refractivity contribution < 1.29 is 0 Å². The van der Waals surface area contributed by atoms with Crippen LogP contribution in [0, 0.1) is 0 Å². The van der Waals surface area contributed by atoms with Gasteiger partial charge in [0.2, 0.25) is 0 Å². The highest BCUT2D eigenvalue weighted by atomic mass is 15.1. The van der Waals surface area contributed by atoms with Gasteiger partial charge in [0.1, 0.15) is 6.17 Å². The Balaban J connectivity index is 1.28. The Kier molecular flexibility index (Phi) is 5.63. The molecule has 1 N–H and O–H groups in total. The van der Waals surface area contributed by atoms with Gasteiger partial charge in [-0.1, -0.05) is 121 Å². The zero-order chi connectivity index (χ0) is 29.0. The van der Waals surface area contributed by atoms with Crippen LogP contribution in [-0.4, -0.2) is 16.4 Å². The average Bonchev–Trinajstić information content (AvgIpc) is 3.60. The van der Waals surface area contributed by atoms with E-state index in [1.807, 2.05) is 0 Å². The van der Waals surface area contributed by atoms with Crippen molar-refractivity contribution in [2.45, 2.75) is 12.1 Å². The second kappa shape index (κ2) is 9.96. The third kappa shape index (κ3) is 3.86. The lowest BCUT2D eigenvalue weighted by atomic mass is 9.91. The van der Waals surface area contributed by atoms with Crippen LogP contribution in [-0.2, 0) is 0 Å². The Morgan fingerprint density at radius 2 is 1.18 bits per heavy atom. The number of benzene rings is 6. The lowest BCUT2D eigenvalue weighted by Gasteiger charge is -2.30. The van der Waals surface area contributed by atoms with Crippen molar-refractivity contribution in [2.24, 2.45) is 4.99 Å². The van der Waals surface area contributed by atoms with Crippen LogP contribution in [0.2, 0.25) is 0 Å². The summed E-state index contributed by atoms with van der Waals surface area (Å²) >= 11 is 0. The Labute approximate surface area is 256 Å². The maximum Gasteiger partial charge on any atom is 0.130 e. The Morgan fingerprint density at radius 1 is 0.523 bits per heavy atom. The molecule has 6 aromatic carbocycles. The molecule has 2 heterocycles. The topological polar surface area (TPSA) is 29.3 Å². The summed E-state index contributed by atoms with van der Waals surface area (Å²) in [4.78, 5) is 5.43. The van der Waals surface area contributed by atoms with Crippen LogP contribution in [0.4, 0.5) is 0 Å². The van der Waals surface area contributed by atoms with Crippen molar-refractivity contribution in [3.63, 3.8) is 0 Å². The molecule has 0 fully saturated rings. The number of allylic oxidation sites excluding steroid dienone is 1. The highest BCUT2D eigenvalue weighted by Gasteiger charge is 2.37. The summed E-state index contributed by atoms with van der Waals surface area (Å²) in [6.07, 6.45) is 2.01. The maximum atomic E-state index is 5.43. The smallest absolute Gasteiger partial charge is 0.130 e. The Morgan fingerprint density at radius 3 is 1.98 bits per heavy atom. The van der Waals surface area contributed by atoms with E-state index in [9.17, 15) is 0 Å². The number of hydrogen-bond acceptors (Lipinski definition) is 2. The molecule has 0 saturated carbocycles. The highest BCUT2D eigenvalue weighted by molar-refractivity contribution is 6.13. The van der Waals surface area contributed by atoms with Gasteiger partial charge in [0.25, 0.3) is 0 Å². The lowest BCUT2D eigenvalue weighted by Crippen LogP contribution is -2.36. The van der Waals surface area contributed by atoms with Crippen LogP contribution in [0.15, 0.2) is 163 Å². The van der Waals surface area contributed by atoms with Crippen molar-refractivity contribution in [2.75, 3.05) is 0 Å². The first kappa shape index (κ1) is 24.9. The summed E-state index contributed by atoms with van der Waals surface area (Å²) in [5.41, 5.74) is 13.2. The predicted octanol–water partition coefficient (Wildman–Crippen LogP) is 9.36. The summed E-state index contributed by atoms with van der Waals surface area (Å²) in [6.45, 7) is 0. The summed E-state index contributed by atoms with van der Waals surface area (Å²) in [5.74, 6) is 0.0407. The molecule has 0 saturated heterocycles. The fourth-order valence-corrected chi connectivity index (χ4v) is 7.16. The maximum absolute atomic E-state index is 5.43. The van der Waals surface area contributed by atoms with Gasteiger partial charge >= 0.3 is 0 Å². The molecule has 1 aliphatic carbocycles. The van der Waals surface area contributed by atoms with Gasteiger partial charge in [-0.3, -0.25) is 4.99 Å². The third-order valence-electron chi connectivity index (χ3n) is 9.11. The zero-order valence-electron chi connectivity index (χ0n) is 24.1. The van der Waals surface area contributed by atoms with Crippen LogP contribution in [0.5, 0.6) is 0 Å². The van der Waals surface area contributed by atoms with Crippen LogP contribution >= 0.6 is 0 Å². The van der Waals surface area contributed by atoms with Gasteiger partial charge in [-0.05, 0) is 69.8 Å². The zero-order valence-corrected chi connectivity index (χ0v) is 24.1. The standard InChI is InChI=1S/C41H29N3/c1-4-14-27(15-5-1)36-26-37(28-16-6-2-7-17-28)43-41(42-36)40-32-22-11-10-20-30(32)33-24-34-31-21-12-13-23-38(31)44(39(34)25-35(33)40)29-18-8-3-9-19-29/h1-26,40-42H. The van der Waals surface area contributed by atoms with E-state index in [0.29, 0.717) is 0 Å². The van der Waals surface area contributed by atoms with Crippen molar-refractivity contribution in [1.82, 2.24) is 9.88 Å². The molecule has 2 unspecified atom stereocenters. The molecule has 0 spiro atoms. The van der Waals surface area contributed by atoms with E-state index in [1.165, 1.54) is 49.7 Å². The normalized spacial score (nSPS) is 17.1. The number of nitrogens with zero attached hydrogens (tertiary/aromatic N) is 2. The fourth-order valence-electron chi connectivity index (χ4n) is 7.16. The van der Waals surface area contributed by atoms with E-state index < -0.39 is 0 Å². The summed E-state index contributed by atoms with van der Waals surface area (Å²) < 4.78 is 2.41. The van der Waals surface area contributed by atoms with Gasteiger partial charge in [0.05, 0.1) is 22.7 Å². The van der Waals surface area contributed by atoms with Crippen molar-refractivity contribution in [1.29, 1.82) is 0 Å². The molecule has 208 valence electrons. The van der Waals surface area contributed by atoms with Gasteiger partial charge in [-0.15, -0.1) is 0 Å². The molecule has 9 rings (SSSR count). The number of fused-ring (bicyclic) bond motifs is 6. The van der Waals surface area contributed by atoms with E-state index in [-0.39, 0.29) is 12.1 Å². The first-order valence-corrected chi connectivity index (χ1v) is 15.2. The lowest BCUT2D eigenvalue weighted by molar-refractivity contribution is 0.559. The van der Waals surface area contributed by atoms with Crippen molar-refractivity contribution in [3.05, 3.63) is 180 Å². The molecule has 0 bridgehead atoms. The number of nitrogens with one attached hydrogen (secondary N) is 1. The minimum atomic E-state index is -0.181. The Hall–Kier alpha value is -5.67. The van der Waals surface area contributed by atoms with E-state index in [4.69, 9.17) is 4.99 Å². The van der Waals surface area contributed by atoms with Gasteiger partial charge < -0.3 is 9.88 Å². The minimum Gasteiger partial charge on any atom is -0.362 e. The highest BCUT2D eigenvalue weighted by Crippen LogP contribution is 2.50. The number of hydrogen-bond donors (Lipinski definition) is 1. The van der Waals surface area contributed by atoms with Crippen LogP contribution in [0.25, 0.3) is 44.3 Å². The van der Waals surface area contributed by atoms with Crippen molar-refractivity contribution >= 4 is 33.2 Å². The SMILES string of the molecule is C1=C(c2ccccc2)NC(C2c3ccccc3-c3cc4c5ccccc5n(-c5ccccc5)c4cc32)N=C1c1ccccc1. The molecule has 44 heavy (non-hydrogen) atoms. The van der Waals surface area contributed by atoms with Gasteiger partial charge in [0.15, 0.2) is 0 Å². The molecular formula is C41H29N3. The number of aromatic nitrogens is 1. The average molecular weight is 564 g/mol. The summed E-state index contributed by atoms with van der Waals surface area (Å²) in [5, 5.41) is 6.42. The summed E-state index contributed by atoms with van der Waals surface area (Å²) in [6, 6.07) is 54.3. The largest absolute Gasteiger partial charge is 0.362 e. The quantitative estimate of drug-likeness (QED) is 0.227. The second-order valence-corrected chi connectivity index (χ2v) is 11.6. The van der Waals surface area contributed by atoms with E-state index >= 15 is 0 Å². The molecule has 0 radical (unpaired) electrons. The molecule has 1 aliphatic heterocycles. The van der Waals surface area contributed by atoms with Gasteiger partial charge in [-0.25, -0.2) is 0 Å². The van der Waals surface area contributed by atoms with Crippen LogP contribution in [0.3, 0.4) is 0 Å². The van der Waals surface area contributed by atoms with Crippen molar-refractivity contribution in [3.8, 4) is 16.8 Å². The third-order valence-corrected chi connectivity index (χ3v) is 9.11. The Bertz CT molecular complexity index is 2240. The first-order chi connectivity index (χ1) is 21.8. The van der Waals surface area contributed by atoms with Gasteiger partial charge in [0, 0.05) is 22.2 Å². The van der Waals surface area contributed by atoms with E-state index in [0.717, 1.165) is 22.5 Å². The molecule has 3 heteroatoms. The monoisotopic (exact) mass is 563 g/mol. The van der Waals surface area contributed by atoms with E-state index in [2.05, 4.69) is 168 Å². The molecule has 0 amide bonds. The summed E-state index contributed by atoms with van der Waals surface area (Å²) in [7, 11) is 0. The first-order valence-electron chi connectivity index (χ1n) is 15.2. The fraction of sp³-hybridized carbons (Fsp3) is 0.0488. The molecular weight excluding hydrogens is 534 g/mol. The van der Waals surface area contributed by atoms with E-state index in [1.54, 1.807) is 0 Å². The number of rotatable bonds is 4.